The molecule has 334 valence electrons. The topological polar surface area (TPSA) is 142 Å². The van der Waals surface area contributed by atoms with E-state index in [1.165, 1.54) is 20.8 Å². The lowest BCUT2D eigenvalue weighted by atomic mass is 9.84. The van der Waals surface area contributed by atoms with Crippen LogP contribution in [-0.2, 0) is 70.3 Å². The SMILES string of the molecule is CC(=O)OC[C@H]1O[C@@H](OCc2cc(C3=C(c4cc(CO[C@@H]5O[C@H](C)[C@@H](C)[C@H](C)[C@H]5OC(C)=O)sc4C)C(F)(F)C(F)(F)C3(F)F)c(C)s2)[C@H](C)[C@@H](OC(C)=O)[C@@H]1OC(C)=O. The molecule has 10 atom stereocenters. The molecule has 0 amide bonds. The molecule has 5 rings (SSSR count). The van der Waals surface area contributed by atoms with Gasteiger partial charge in [-0.2, -0.15) is 26.3 Å². The molecule has 2 fully saturated rings. The van der Waals surface area contributed by atoms with Crippen LogP contribution in [0.25, 0.3) is 11.1 Å². The molecule has 0 unspecified atom stereocenters. The maximum Gasteiger partial charge on any atom is 0.380 e. The van der Waals surface area contributed by atoms with Gasteiger partial charge in [0, 0.05) is 70.2 Å². The summed E-state index contributed by atoms with van der Waals surface area (Å²) in [5.74, 6) is -20.3. The molecule has 3 aliphatic rings. The van der Waals surface area contributed by atoms with Gasteiger partial charge in [0.1, 0.15) is 18.8 Å². The van der Waals surface area contributed by atoms with Crippen molar-refractivity contribution in [1.29, 1.82) is 0 Å². The Bertz CT molecular complexity index is 1980. The maximum atomic E-state index is 15.9. The second-order valence-corrected chi connectivity index (χ2v) is 18.0. The minimum atomic E-state index is -5.82. The molecule has 0 bridgehead atoms. The van der Waals surface area contributed by atoms with E-state index < -0.39 is 120 Å². The van der Waals surface area contributed by atoms with E-state index in [1.54, 1.807) is 6.92 Å². The number of aryl methyl sites for hydroxylation is 2. The Balaban J connectivity index is 1.46. The molecule has 2 aromatic rings. The highest BCUT2D eigenvalue weighted by Gasteiger charge is 2.80. The summed E-state index contributed by atoms with van der Waals surface area (Å²) >= 11 is 1.72. The minimum absolute atomic E-state index is 0.00667. The van der Waals surface area contributed by atoms with Gasteiger partial charge in [-0.1, -0.05) is 20.8 Å². The number of carbonyl (C=O) groups is 4. The van der Waals surface area contributed by atoms with Gasteiger partial charge in [-0.3, -0.25) is 19.2 Å². The van der Waals surface area contributed by atoms with E-state index in [-0.39, 0.29) is 44.1 Å². The van der Waals surface area contributed by atoms with Crippen molar-refractivity contribution in [3.8, 4) is 0 Å². The second kappa shape index (κ2) is 18.0. The quantitative estimate of drug-likeness (QED) is 0.109. The first-order chi connectivity index (χ1) is 27.8. The van der Waals surface area contributed by atoms with E-state index in [1.807, 2.05) is 20.8 Å². The third-order valence-corrected chi connectivity index (χ3v) is 13.0. The minimum Gasteiger partial charge on any atom is -0.463 e. The molecule has 20 heteroatoms. The van der Waals surface area contributed by atoms with Crippen molar-refractivity contribution in [2.24, 2.45) is 17.8 Å². The number of hydrogen-bond acceptors (Lipinski definition) is 14. The lowest BCUT2D eigenvalue weighted by Crippen LogP contribution is -2.58. The molecule has 0 aromatic carbocycles. The van der Waals surface area contributed by atoms with Crippen LogP contribution in [-0.4, -0.2) is 91.4 Å². The molecule has 1 aliphatic carbocycles. The lowest BCUT2D eigenvalue weighted by molar-refractivity contribution is -0.291. The summed E-state index contributed by atoms with van der Waals surface area (Å²) in [5.41, 5.74) is -4.14. The van der Waals surface area contributed by atoms with Crippen molar-refractivity contribution in [2.45, 2.75) is 143 Å². The fourth-order valence-electron chi connectivity index (χ4n) is 7.63. The van der Waals surface area contributed by atoms with Crippen molar-refractivity contribution < 1.29 is 83.4 Å². The number of halogens is 6. The zero-order chi connectivity index (χ0) is 44.8. The highest BCUT2D eigenvalue weighted by atomic mass is 32.1. The van der Waals surface area contributed by atoms with Crippen LogP contribution in [0.5, 0.6) is 0 Å². The van der Waals surface area contributed by atoms with Gasteiger partial charge < -0.3 is 37.9 Å². The summed E-state index contributed by atoms with van der Waals surface area (Å²) < 4.78 is 140. The number of ether oxygens (including phenoxy) is 8. The fourth-order valence-corrected chi connectivity index (χ4v) is 9.56. The summed E-state index contributed by atoms with van der Waals surface area (Å²) in [4.78, 5) is 47.9. The summed E-state index contributed by atoms with van der Waals surface area (Å²) in [6.45, 7) is 13.2. The monoisotopic (exact) mass is 898 g/mol. The Kier molecular flexibility index (Phi) is 14.3. The molecule has 12 nitrogen and oxygen atoms in total. The van der Waals surface area contributed by atoms with Gasteiger partial charge in [-0.05, 0) is 49.9 Å². The van der Waals surface area contributed by atoms with Crippen LogP contribution >= 0.6 is 22.7 Å². The average Bonchev–Trinajstić information content (AvgIpc) is 3.72. The number of hydrogen-bond donors (Lipinski definition) is 0. The predicted octanol–water partition coefficient (Wildman–Crippen LogP) is 8.03. The van der Waals surface area contributed by atoms with Gasteiger partial charge in [0.2, 0.25) is 0 Å². The number of rotatable bonds is 13. The Morgan fingerprint density at radius 2 is 1.07 bits per heavy atom. The molecular formula is C40H48F6O12S2. The van der Waals surface area contributed by atoms with E-state index in [0.717, 1.165) is 55.6 Å². The van der Waals surface area contributed by atoms with Crippen LogP contribution < -0.4 is 0 Å². The average molecular weight is 899 g/mol. The summed E-state index contributed by atoms with van der Waals surface area (Å²) in [5, 5.41) is 0. The lowest BCUT2D eigenvalue weighted by Gasteiger charge is -2.43. The van der Waals surface area contributed by atoms with Crippen LogP contribution in [0.4, 0.5) is 26.3 Å². The number of esters is 4. The first-order valence-electron chi connectivity index (χ1n) is 19.1. The van der Waals surface area contributed by atoms with E-state index in [2.05, 4.69) is 0 Å². The number of alkyl halides is 6. The zero-order valence-electron chi connectivity index (χ0n) is 34.5. The zero-order valence-corrected chi connectivity index (χ0v) is 36.2. The number of carbonyl (C=O) groups excluding carboxylic acids is 4. The standard InChI is InChI=1S/C40H48F6O12S2/c1-16-17(2)34(56-24(9)49)37(54-19(16)4)53-14-27-12-29(21(6)60-27)32-31(38(41,42)40(45,46)39(32,43)44)28-11-26(59-20(28)5)13-52-36-18(3)33(55-23(8)48)35(57-25(10)50)30(58-36)15-51-22(7)47/h11-12,16-19,30,33-37H,13-15H2,1-10H3/t16-,17-,18+,19+,30+,33+,34+,35+,36+,37+/m0/s1. The third-order valence-electron chi connectivity index (χ3n) is 10.9. The van der Waals surface area contributed by atoms with Gasteiger partial charge in [-0.15, -0.1) is 22.7 Å². The summed E-state index contributed by atoms with van der Waals surface area (Å²) in [6, 6.07) is 2.18. The van der Waals surface area contributed by atoms with Gasteiger partial charge in [0.25, 0.3) is 0 Å². The molecule has 0 spiro atoms. The summed E-state index contributed by atoms with van der Waals surface area (Å²) in [6.07, 6.45) is -7.02. The first kappa shape index (κ1) is 47.5. The van der Waals surface area contributed by atoms with Crippen molar-refractivity contribution in [1.82, 2.24) is 0 Å². The van der Waals surface area contributed by atoms with E-state index in [9.17, 15) is 19.2 Å². The molecule has 2 aromatic heterocycles. The highest BCUT2D eigenvalue weighted by molar-refractivity contribution is 7.12. The van der Waals surface area contributed by atoms with Crippen LogP contribution in [0.3, 0.4) is 0 Å². The third kappa shape index (κ3) is 9.28. The van der Waals surface area contributed by atoms with Gasteiger partial charge in [-0.25, -0.2) is 0 Å². The van der Waals surface area contributed by atoms with E-state index >= 15 is 26.3 Å². The van der Waals surface area contributed by atoms with Crippen molar-refractivity contribution in [3.63, 3.8) is 0 Å². The fraction of sp³-hybridized carbons (Fsp3) is 0.650. The van der Waals surface area contributed by atoms with Crippen LogP contribution in [0.1, 0.15) is 86.0 Å². The first-order valence-corrected chi connectivity index (χ1v) is 20.7. The molecule has 60 heavy (non-hydrogen) atoms. The molecule has 2 aliphatic heterocycles. The Morgan fingerprint density at radius 1 is 0.617 bits per heavy atom. The van der Waals surface area contributed by atoms with Crippen molar-refractivity contribution in [2.75, 3.05) is 6.61 Å². The molecular weight excluding hydrogens is 851 g/mol. The smallest absolute Gasteiger partial charge is 0.380 e. The second-order valence-electron chi connectivity index (χ2n) is 15.3. The molecule has 0 saturated carbocycles. The Labute approximate surface area is 350 Å². The Hall–Kier alpha value is -3.56. The maximum absolute atomic E-state index is 15.9. The molecule has 0 radical (unpaired) electrons. The number of allylic oxidation sites excluding steroid dienone is 2. The number of thiophene rings is 2. The Morgan fingerprint density at radius 3 is 1.53 bits per heavy atom. The summed E-state index contributed by atoms with van der Waals surface area (Å²) in [7, 11) is 0. The van der Waals surface area contributed by atoms with Gasteiger partial charge >= 0.3 is 41.6 Å². The van der Waals surface area contributed by atoms with E-state index in [4.69, 9.17) is 37.9 Å². The van der Waals surface area contributed by atoms with Gasteiger partial charge in [0.15, 0.2) is 24.8 Å². The van der Waals surface area contributed by atoms with E-state index in [0.29, 0.717) is 0 Å². The van der Waals surface area contributed by atoms with Crippen LogP contribution in [0.15, 0.2) is 12.1 Å². The van der Waals surface area contributed by atoms with Gasteiger partial charge in [0.05, 0.1) is 19.3 Å². The predicted molar refractivity (Wildman–Crippen MR) is 203 cm³/mol. The van der Waals surface area contributed by atoms with Crippen molar-refractivity contribution in [3.05, 3.63) is 42.8 Å². The molecule has 2 saturated heterocycles. The van der Waals surface area contributed by atoms with Crippen LogP contribution in [0.2, 0.25) is 0 Å². The molecule has 0 N–H and O–H groups in total. The largest absolute Gasteiger partial charge is 0.463 e. The normalized spacial score (nSPS) is 30.8. The molecule has 4 heterocycles. The highest BCUT2D eigenvalue weighted by Crippen LogP contribution is 2.66. The van der Waals surface area contributed by atoms with Crippen molar-refractivity contribution >= 4 is 57.7 Å². The van der Waals surface area contributed by atoms with Crippen LogP contribution in [0, 0.1) is 31.6 Å².